The van der Waals surface area contributed by atoms with E-state index < -0.39 is 4.92 Å². The molecule has 16 heavy (non-hydrogen) atoms. The van der Waals surface area contributed by atoms with Crippen LogP contribution in [-0.2, 0) is 5.75 Å². The van der Waals surface area contributed by atoms with Gasteiger partial charge in [0.25, 0.3) is 0 Å². The van der Waals surface area contributed by atoms with Gasteiger partial charge in [0.1, 0.15) is 10.7 Å². The fourth-order valence-electron chi connectivity index (χ4n) is 1.02. The second-order valence-corrected chi connectivity index (χ2v) is 5.14. The Morgan fingerprint density at radius 1 is 1.62 bits per heavy atom. The molecule has 2 aromatic heterocycles. The minimum atomic E-state index is -0.557. The molecule has 0 aliphatic rings. The van der Waals surface area contributed by atoms with E-state index in [0.29, 0.717) is 16.6 Å². The Morgan fingerprint density at radius 2 is 2.44 bits per heavy atom. The topological polar surface area (TPSA) is 95.2 Å². The average molecular weight is 257 g/mol. The largest absolute Gasteiger partial charge is 0.433 e. The van der Waals surface area contributed by atoms with E-state index in [-0.39, 0.29) is 5.88 Å². The maximum absolute atomic E-state index is 10.4. The molecular formula is C8H7N3O3S2. The van der Waals surface area contributed by atoms with Gasteiger partial charge in [-0.3, -0.25) is 10.1 Å². The Morgan fingerprint density at radius 3 is 3.00 bits per heavy atom. The van der Waals surface area contributed by atoms with Gasteiger partial charge in [-0.2, -0.15) is 0 Å². The Kier molecular flexibility index (Phi) is 3.11. The monoisotopic (exact) mass is 257 g/mol. The quantitative estimate of drug-likeness (QED) is 0.513. The van der Waals surface area contributed by atoms with Crippen molar-refractivity contribution in [3.63, 3.8) is 0 Å². The second-order valence-electron chi connectivity index (χ2n) is 2.80. The van der Waals surface area contributed by atoms with E-state index in [4.69, 9.17) is 10.2 Å². The van der Waals surface area contributed by atoms with Crippen LogP contribution in [0.1, 0.15) is 5.76 Å². The number of anilines is 1. The maximum atomic E-state index is 10.4. The van der Waals surface area contributed by atoms with Crippen LogP contribution in [0.3, 0.4) is 0 Å². The van der Waals surface area contributed by atoms with Gasteiger partial charge in [0, 0.05) is 0 Å². The number of thiazole rings is 1. The van der Waals surface area contributed by atoms with Crippen molar-refractivity contribution in [3.05, 3.63) is 34.2 Å². The lowest BCUT2D eigenvalue weighted by Gasteiger charge is -1.92. The van der Waals surface area contributed by atoms with E-state index >= 15 is 0 Å². The summed E-state index contributed by atoms with van der Waals surface area (Å²) in [4.78, 5) is 13.7. The van der Waals surface area contributed by atoms with Gasteiger partial charge in [-0.1, -0.05) is 11.3 Å². The predicted octanol–water partition coefficient (Wildman–Crippen LogP) is 2.52. The molecule has 0 saturated carbocycles. The highest BCUT2D eigenvalue weighted by Gasteiger charge is 2.12. The molecule has 0 fully saturated rings. The van der Waals surface area contributed by atoms with Crippen molar-refractivity contribution in [1.29, 1.82) is 0 Å². The zero-order valence-electron chi connectivity index (χ0n) is 7.95. The lowest BCUT2D eigenvalue weighted by atomic mass is 10.5. The SMILES string of the molecule is Nc1ncc(SCc2ccc([N+](=O)[O-])o2)s1. The van der Waals surface area contributed by atoms with Crippen molar-refractivity contribution in [2.45, 2.75) is 9.96 Å². The van der Waals surface area contributed by atoms with E-state index in [0.717, 1.165) is 4.21 Å². The summed E-state index contributed by atoms with van der Waals surface area (Å²) in [5.74, 6) is 0.846. The van der Waals surface area contributed by atoms with Crippen molar-refractivity contribution in [2.24, 2.45) is 0 Å². The number of furan rings is 1. The van der Waals surface area contributed by atoms with Crippen molar-refractivity contribution in [1.82, 2.24) is 4.98 Å². The van der Waals surface area contributed by atoms with Crippen LogP contribution in [-0.4, -0.2) is 9.91 Å². The Hall–Kier alpha value is -1.54. The molecule has 0 atom stereocenters. The highest BCUT2D eigenvalue weighted by molar-refractivity contribution is 8.00. The number of nitrogens with two attached hydrogens (primary N) is 1. The molecule has 0 aromatic carbocycles. The Bertz CT molecular complexity index is 508. The molecule has 2 heterocycles. The predicted molar refractivity (Wildman–Crippen MR) is 61.4 cm³/mol. The molecular weight excluding hydrogens is 250 g/mol. The molecule has 0 spiro atoms. The third-order valence-electron chi connectivity index (χ3n) is 1.69. The van der Waals surface area contributed by atoms with E-state index in [1.54, 1.807) is 12.3 Å². The summed E-state index contributed by atoms with van der Waals surface area (Å²) in [7, 11) is 0. The van der Waals surface area contributed by atoms with Crippen molar-refractivity contribution in [2.75, 3.05) is 5.73 Å². The number of hydrogen-bond donors (Lipinski definition) is 1. The minimum absolute atomic E-state index is 0.237. The number of nitrogens with zero attached hydrogens (tertiary/aromatic N) is 2. The van der Waals surface area contributed by atoms with Crippen molar-refractivity contribution >= 4 is 34.1 Å². The van der Waals surface area contributed by atoms with Gasteiger partial charge < -0.3 is 10.2 Å². The number of nitrogen functional groups attached to an aromatic ring is 1. The van der Waals surface area contributed by atoms with E-state index in [1.807, 2.05) is 0 Å². The van der Waals surface area contributed by atoms with Crippen LogP contribution >= 0.6 is 23.1 Å². The number of hydrogen-bond acceptors (Lipinski definition) is 7. The molecule has 8 heteroatoms. The molecule has 2 N–H and O–H groups in total. The van der Waals surface area contributed by atoms with Gasteiger partial charge >= 0.3 is 5.88 Å². The molecule has 0 amide bonds. The van der Waals surface area contributed by atoms with Crippen LogP contribution in [0.4, 0.5) is 11.0 Å². The normalized spacial score (nSPS) is 10.5. The van der Waals surface area contributed by atoms with E-state index in [1.165, 1.54) is 29.2 Å². The van der Waals surface area contributed by atoms with Crippen molar-refractivity contribution in [3.8, 4) is 0 Å². The molecule has 2 rings (SSSR count). The van der Waals surface area contributed by atoms with Crippen LogP contribution in [0.25, 0.3) is 0 Å². The molecule has 0 bridgehead atoms. The van der Waals surface area contributed by atoms with Gasteiger partial charge in [0.2, 0.25) is 0 Å². The standard InChI is InChI=1S/C8H7N3O3S2/c9-8-10-3-7(16-8)15-4-5-1-2-6(14-5)11(12)13/h1-3H,4H2,(H2,9,10). The molecule has 0 aliphatic carbocycles. The summed E-state index contributed by atoms with van der Waals surface area (Å²) in [6.45, 7) is 0. The smallest absolute Gasteiger partial charge is 0.405 e. The Labute approximate surface area is 98.6 Å². The summed E-state index contributed by atoms with van der Waals surface area (Å²) in [6, 6.07) is 2.94. The molecule has 84 valence electrons. The first-order valence-corrected chi connectivity index (χ1v) is 6.02. The van der Waals surface area contributed by atoms with Crippen LogP contribution in [0.2, 0.25) is 0 Å². The molecule has 0 radical (unpaired) electrons. The number of thioether (sulfide) groups is 1. The van der Waals surface area contributed by atoms with Crippen LogP contribution in [0.5, 0.6) is 0 Å². The summed E-state index contributed by atoms with van der Waals surface area (Å²) >= 11 is 2.85. The fourth-order valence-corrected chi connectivity index (χ4v) is 2.68. The first-order valence-electron chi connectivity index (χ1n) is 4.22. The lowest BCUT2D eigenvalue weighted by molar-refractivity contribution is -0.402. The fraction of sp³-hybridized carbons (Fsp3) is 0.125. The van der Waals surface area contributed by atoms with Crippen LogP contribution in [0, 0.1) is 10.1 Å². The lowest BCUT2D eigenvalue weighted by Crippen LogP contribution is -1.83. The van der Waals surface area contributed by atoms with Gasteiger partial charge in [-0.25, -0.2) is 4.98 Å². The first kappa shape index (κ1) is 11.0. The molecule has 0 unspecified atom stereocenters. The second kappa shape index (κ2) is 4.54. The summed E-state index contributed by atoms with van der Waals surface area (Å²) in [5.41, 5.74) is 5.47. The molecule has 0 saturated heterocycles. The number of aromatic nitrogens is 1. The zero-order valence-corrected chi connectivity index (χ0v) is 9.59. The van der Waals surface area contributed by atoms with Gasteiger partial charge in [-0.15, -0.1) is 11.8 Å². The summed E-state index contributed by atoms with van der Waals surface area (Å²) in [5, 5.41) is 10.9. The highest BCUT2D eigenvalue weighted by atomic mass is 32.2. The van der Waals surface area contributed by atoms with Crippen molar-refractivity contribution < 1.29 is 9.34 Å². The third-order valence-corrected chi connectivity index (χ3v) is 3.73. The van der Waals surface area contributed by atoms with E-state index in [9.17, 15) is 10.1 Å². The Balaban J connectivity index is 1.97. The van der Waals surface area contributed by atoms with Crippen LogP contribution < -0.4 is 5.73 Å². The number of nitro groups is 1. The minimum Gasteiger partial charge on any atom is -0.405 e. The molecule has 0 aliphatic heterocycles. The highest BCUT2D eigenvalue weighted by Crippen LogP contribution is 2.30. The van der Waals surface area contributed by atoms with Gasteiger partial charge in [0.15, 0.2) is 5.13 Å². The summed E-state index contributed by atoms with van der Waals surface area (Å²) < 4.78 is 5.96. The zero-order chi connectivity index (χ0) is 11.5. The summed E-state index contributed by atoms with van der Waals surface area (Å²) in [6.07, 6.45) is 1.67. The van der Waals surface area contributed by atoms with Crippen LogP contribution in [0.15, 0.2) is 27.0 Å². The van der Waals surface area contributed by atoms with Gasteiger partial charge in [0.05, 0.1) is 22.2 Å². The molecule has 2 aromatic rings. The first-order chi connectivity index (χ1) is 7.65. The van der Waals surface area contributed by atoms with Gasteiger partial charge in [-0.05, 0) is 6.07 Å². The van der Waals surface area contributed by atoms with E-state index in [2.05, 4.69) is 4.98 Å². The number of rotatable bonds is 4. The maximum Gasteiger partial charge on any atom is 0.433 e. The third kappa shape index (κ3) is 2.52. The molecule has 6 nitrogen and oxygen atoms in total. The average Bonchev–Trinajstić information content (AvgIpc) is 2.83.